The van der Waals surface area contributed by atoms with Crippen LogP contribution >= 0.6 is 0 Å². The van der Waals surface area contributed by atoms with Gasteiger partial charge in [0.15, 0.2) is 0 Å². The highest BCUT2D eigenvalue weighted by Crippen LogP contribution is 2.26. The molecule has 24 heavy (non-hydrogen) atoms. The minimum atomic E-state index is -0.548. The Labute approximate surface area is 143 Å². The number of nitrogens with zero attached hydrogens (tertiary/aromatic N) is 1. The lowest BCUT2D eigenvalue weighted by molar-refractivity contribution is -0.122. The van der Waals surface area contributed by atoms with Gasteiger partial charge in [0.25, 0.3) is 0 Å². The molecule has 0 aliphatic carbocycles. The molecule has 1 aromatic carbocycles. The number of para-hydroxylation sites is 2. The molecular formula is C18H27N3O3. The molecule has 0 spiro atoms. The maximum atomic E-state index is 12.6. The number of anilines is 2. The number of piperidine rings is 1. The second kappa shape index (κ2) is 7.11. The third-order valence-electron chi connectivity index (χ3n) is 3.90. The van der Waals surface area contributed by atoms with Crippen LogP contribution in [0.3, 0.4) is 0 Å². The number of hydrogen-bond donors (Lipinski definition) is 2. The predicted octanol–water partition coefficient (Wildman–Crippen LogP) is 3.10. The summed E-state index contributed by atoms with van der Waals surface area (Å²) in [6, 6.07) is 7.15. The van der Waals surface area contributed by atoms with Gasteiger partial charge in [0.1, 0.15) is 5.60 Å². The zero-order valence-electron chi connectivity index (χ0n) is 14.8. The second-order valence-corrected chi connectivity index (χ2v) is 7.50. The van der Waals surface area contributed by atoms with E-state index >= 15 is 0 Å². The Bertz CT molecular complexity index is 610. The van der Waals surface area contributed by atoms with E-state index in [0.29, 0.717) is 24.5 Å². The van der Waals surface area contributed by atoms with Crippen LogP contribution in [0.1, 0.15) is 34.1 Å². The largest absolute Gasteiger partial charge is 0.444 e. The summed E-state index contributed by atoms with van der Waals surface area (Å²) in [4.78, 5) is 26.5. The van der Waals surface area contributed by atoms with E-state index in [1.807, 2.05) is 39.8 Å². The van der Waals surface area contributed by atoms with Crippen molar-refractivity contribution >= 4 is 23.4 Å². The third-order valence-corrected chi connectivity index (χ3v) is 3.90. The van der Waals surface area contributed by atoms with E-state index in [9.17, 15) is 9.59 Å². The Morgan fingerprint density at radius 3 is 2.54 bits per heavy atom. The third kappa shape index (κ3) is 4.88. The number of nitrogens with two attached hydrogens (primary N) is 1. The maximum absolute atomic E-state index is 12.6. The summed E-state index contributed by atoms with van der Waals surface area (Å²) in [5.41, 5.74) is 6.45. The highest BCUT2D eigenvalue weighted by atomic mass is 16.6. The first kappa shape index (κ1) is 18.1. The van der Waals surface area contributed by atoms with Gasteiger partial charge >= 0.3 is 6.09 Å². The van der Waals surface area contributed by atoms with Crippen LogP contribution in [-0.4, -0.2) is 35.6 Å². The lowest BCUT2D eigenvalue weighted by Gasteiger charge is -2.36. The number of hydrogen-bond acceptors (Lipinski definition) is 4. The molecule has 6 nitrogen and oxygen atoms in total. The molecule has 1 aromatic rings. The minimum absolute atomic E-state index is 0.118. The average Bonchev–Trinajstić information content (AvgIpc) is 2.47. The van der Waals surface area contributed by atoms with Gasteiger partial charge in [0, 0.05) is 13.1 Å². The molecule has 2 amide bonds. The second-order valence-electron chi connectivity index (χ2n) is 7.50. The molecule has 6 heteroatoms. The molecule has 1 saturated heterocycles. The zero-order chi connectivity index (χ0) is 17.9. The fourth-order valence-corrected chi connectivity index (χ4v) is 2.86. The fraction of sp³-hybridized carbons (Fsp3) is 0.556. The monoisotopic (exact) mass is 333 g/mol. The van der Waals surface area contributed by atoms with E-state index in [1.165, 1.54) is 0 Å². The summed E-state index contributed by atoms with van der Waals surface area (Å²) in [6.07, 6.45) is 0.365. The van der Waals surface area contributed by atoms with Crippen molar-refractivity contribution in [3.05, 3.63) is 24.3 Å². The molecule has 2 unspecified atom stereocenters. The molecule has 132 valence electrons. The van der Waals surface area contributed by atoms with Gasteiger partial charge in [-0.2, -0.15) is 0 Å². The van der Waals surface area contributed by atoms with E-state index in [-0.39, 0.29) is 23.8 Å². The fourth-order valence-electron chi connectivity index (χ4n) is 2.86. The minimum Gasteiger partial charge on any atom is -0.444 e. The van der Waals surface area contributed by atoms with Crippen molar-refractivity contribution in [3.8, 4) is 0 Å². The quantitative estimate of drug-likeness (QED) is 0.815. The normalized spacial score (nSPS) is 21.2. The van der Waals surface area contributed by atoms with Crippen LogP contribution in [0.5, 0.6) is 0 Å². The van der Waals surface area contributed by atoms with Crippen LogP contribution in [0.4, 0.5) is 16.2 Å². The van der Waals surface area contributed by atoms with E-state index in [2.05, 4.69) is 5.32 Å². The molecule has 1 fully saturated rings. The summed E-state index contributed by atoms with van der Waals surface area (Å²) in [6.45, 7) is 8.50. The standard InChI is InChI=1S/C18H27N3O3/c1-12-9-13(11-21(10-12)17(23)24-18(2,3)4)16(22)20-15-8-6-5-7-14(15)19/h5-8,12-13H,9-11,19H2,1-4H3,(H,20,22). The molecular weight excluding hydrogens is 306 g/mol. The molecule has 3 N–H and O–H groups in total. The number of nitrogen functional groups attached to an aromatic ring is 1. The number of ether oxygens (including phenoxy) is 1. The number of rotatable bonds is 2. The smallest absolute Gasteiger partial charge is 0.410 e. The highest BCUT2D eigenvalue weighted by Gasteiger charge is 2.34. The molecule has 1 aliphatic rings. The summed E-state index contributed by atoms with van der Waals surface area (Å²) >= 11 is 0. The number of nitrogens with one attached hydrogen (secondary N) is 1. The van der Waals surface area contributed by atoms with Crippen molar-refractivity contribution < 1.29 is 14.3 Å². The van der Waals surface area contributed by atoms with Crippen molar-refractivity contribution in [2.24, 2.45) is 11.8 Å². The topological polar surface area (TPSA) is 84.7 Å². The Kier molecular flexibility index (Phi) is 5.36. The van der Waals surface area contributed by atoms with Crippen molar-refractivity contribution in [1.82, 2.24) is 4.90 Å². The van der Waals surface area contributed by atoms with Crippen molar-refractivity contribution in [3.63, 3.8) is 0 Å². The number of amides is 2. The number of benzene rings is 1. The van der Waals surface area contributed by atoms with Crippen LogP contribution in [0.2, 0.25) is 0 Å². The highest BCUT2D eigenvalue weighted by molar-refractivity contribution is 5.95. The first-order valence-corrected chi connectivity index (χ1v) is 8.29. The van der Waals surface area contributed by atoms with Gasteiger partial charge in [0.05, 0.1) is 17.3 Å². The van der Waals surface area contributed by atoms with E-state index in [1.54, 1.807) is 17.0 Å². The molecule has 0 radical (unpaired) electrons. The van der Waals surface area contributed by atoms with Crippen molar-refractivity contribution in [2.75, 3.05) is 24.1 Å². The van der Waals surface area contributed by atoms with Gasteiger partial charge in [-0.15, -0.1) is 0 Å². The van der Waals surface area contributed by atoms with Crippen molar-refractivity contribution in [2.45, 2.75) is 39.7 Å². The Balaban J connectivity index is 2.03. The molecule has 0 bridgehead atoms. The van der Waals surface area contributed by atoms with Gasteiger partial charge in [0.2, 0.25) is 5.91 Å². The zero-order valence-corrected chi connectivity index (χ0v) is 14.8. The van der Waals surface area contributed by atoms with Gasteiger partial charge in [-0.1, -0.05) is 19.1 Å². The lowest BCUT2D eigenvalue weighted by Crippen LogP contribution is -2.48. The Morgan fingerprint density at radius 2 is 1.92 bits per heavy atom. The summed E-state index contributed by atoms with van der Waals surface area (Å²) in [5, 5.41) is 2.87. The Morgan fingerprint density at radius 1 is 1.25 bits per heavy atom. The van der Waals surface area contributed by atoms with E-state index < -0.39 is 5.60 Å². The molecule has 0 aromatic heterocycles. The number of carbonyl (C=O) groups is 2. The Hall–Kier alpha value is -2.24. The van der Waals surface area contributed by atoms with E-state index in [0.717, 1.165) is 6.42 Å². The molecule has 2 atom stereocenters. The first-order valence-electron chi connectivity index (χ1n) is 8.29. The van der Waals surface area contributed by atoms with Gasteiger partial charge < -0.3 is 20.7 Å². The van der Waals surface area contributed by atoms with Crippen LogP contribution in [0.15, 0.2) is 24.3 Å². The molecule has 1 aliphatic heterocycles. The lowest BCUT2D eigenvalue weighted by atomic mass is 9.90. The SMILES string of the molecule is CC1CC(C(=O)Nc2ccccc2N)CN(C(=O)OC(C)(C)C)C1. The van der Waals surface area contributed by atoms with Crippen LogP contribution in [-0.2, 0) is 9.53 Å². The summed E-state index contributed by atoms with van der Waals surface area (Å²) in [7, 11) is 0. The molecule has 2 rings (SSSR count). The van der Waals surface area contributed by atoms with E-state index in [4.69, 9.17) is 10.5 Å². The van der Waals surface area contributed by atoms with Crippen molar-refractivity contribution in [1.29, 1.82) is 0 Å². The van der Waals surface area contributed by atoms with Gasteiger partial charge in [-0.3, -0.25) is 4.79 Å². The number of likely N-dealkylation sites (tertiary alicyclic amines) is 1. The van der Waals surface area contributed by atoms with Gasteiger partial charge in [-0.05, 0) is 45.2 Å². The summed E-state index contributed by atoms with van der Waals surface area (Å²) in [5.74, 6) is -0.163. The average molecular weight is 333 g/mol. The maximum Gasteiger partial charge on any atom is 0.410 e. The van der Waals surface area contributed by atoms with Gasteiger partial charge in [-0.25, -0.2) is 4.79 Å². The van der Waals surface area contributed by atoms with Crippen LogP contribution in [0, 0.1) is 11.8 Å². The molecule has 0 saturated carbocycles. The van der Waals surface area contributed by atoms with Crippen LogP contribution < -0.4 is 11.1 Å². The van der Waals surface area contributed by atoms with Crippen LogP contribution in [0.25, 0.3) is 0 Å². The molecule has 1 heterocycles. The summed E-state index contributed by atoms with van der Waals surface area (Å²) < 4.78 is 5.43. The predicted molar refractivity (Wildman–Crippen MR) is 94.6 cm³/mol. The number of carbonyl (C=O) groups excluding carboxylic acids is 2. The first-order chi connectivity index (χ1) is 11.2.